The first-order valence-corrected chi connectivity index (χ1v) is 7.34. The Balaban J connectivity index is 2.34. The molecule has 0 saturated heterocycles. The summed E-state index contributed by atoms with van der Waals surface area (Å²) >= 11 is 0. The van der Waals surface area contributed by atoms with Crippen LogP contribution in [0.4, 0.5) is 10.1 Å². The Morgan fingerprint density at radius 3 is 2.33 bits per heavy atom. The van der Waals surface area contributed by atoms with E-state index in [-0.39, 0.29) is 11.3 Å². The number of carbonyl (C=O) groups excluding carboxylic acids is 1. The van der Waals surface area contributed by atoms with E-state index in [9.17, 15) is 9.18 Å². The number of rotatable bonds is 7. The molecular formula is C18H20FNO4. The van der Waals surface area contributed by atoms with Crippen molar-refractivity contribution in [3.8, 4) is 17.2 Å². The molecule has 6 heteroatoms. The molecule has 24 heavy (non-hydrogen) atoms. The molecule has 128 valence electrons. The first kappa shape index (κ1) is 17.6. The van der Waals surface area contributed by atoms with Crippen molar-refractivity contribution in [3.63, 3.8) is 0 Å². The number of ether oxygens (including phenoxy) is 3. The van der Waals surface area contributed by atoms with Crippen molar-refractivity contribution in [1.29, 1.82) is 0 Å². The van der Waals surface area contributed by atoms with Crippen molar-refractivity contribution in [2.75, 3.05) is 26.6 Å². The zero-order valence-electron chi connectivity index (χ0n) is 14.1. The minimum absolute atomic E-state index is 0.0388. The number of hydrogen-bond donors (Lipinski definition) is 1. The predicted octanol–water partition coefficient (Wildman–Crippen LogP) is 3.67. The highest BCUT2D eigenvalue weighted by Crippen LogP contribution is 2.40. The minimum Gasteiger partial charge on any atom is -0.493 e. The molecule has 5 nitrogen and oxygen atoms in total. The third-order valence-corrected chi connectivity index (χ3v) is 3.62. The fourth-order valence-corrected chi connectivity index (χ4v) is 2.52. The van der Waals surface area contributed by atoms with E-state index in [1.54, 1.807) is 25.3 Å². The lowest BCUT2D eigenvalue weighted by molar-refractivity contribution is 0.101. The molecule has 0 aliphatic heterocycles. The van der Waals surface area contributed by atoms with Crippen molar-refractivity contribution in [2.45, 2.75) is 13.5 Å². The zero-order chi connectivity index (χ0) is 17.7. The fourth-order valence-electron chi connectivity index (χ4n) is 2.52. The molecule has 2 rings (SSSR count). The third kappa shape index (κ3) is 3.42. The second kappa shape index (κ2) is 7.68. The molecular weight excluding hydrogens is 313 g/mol. The van der Waals surface area contributed by atoms with Crippen LogP contribution in [0.2, 0.25) is 0 Å². The average molecular weight is 333 g/mol. The molecule has 0 aliphatic carbocycles. The average Bonchev–Trinajstić information content (AvgIpc) is 2.58. The van der Waals surface area contributed by atoms with Crippen LogP contribution in [0.25, 0.3) is 0 Å². The van der Waals surface area contributed by atoms with E-state index in [0.717, 1.165) is 5.56 Å². The van der Waals surface area contributed by atoms with Crippen LogP contribution in [-0.4, -0.2) is 27.1 Å². The van der Waals surface area contributed by atoms with Gasteiger partial charge in [-0.15, -0.1) is 0 Å². The molecule has 0 spiro atoms. The van der Waals surface area contributed by atoms with Crippen LogP contribution < -0.4 is 19.5 Å². The van der Waals surface area contributed by atoms with Crippen LogP contribution in [0.15, 0.2) is 30.3 Å². The number of carbonyl (C=O) groups is 1. The van der Waals surface area contributed by atoms with Gasteiger partial charge in [0.2, 0.25) is 5.75 Å². The van der Waals surface area contributed by atoms with Gasteiger partial charge in [0.15, 0.2) is 17.3 Å². The van der Waals surface area contributed by atoms with Crippen molar-refractivity contribution in [1.82, 2.24) is 0 Å². The van der Waals surface area contributed by atoms with Gasteiger partial charge in [-0.2, -0.15) is 0 Å². The predicted molar refractivity (Wildman–Crippen MR) is 89.8 cm³/mol. The molecule has 2 aromatic rings. The summed E-state index contributed by atoms with van der Waals surface area (Å²) < 4.78 is 29.9. The maximum Gasteiger partial charge on any atom is 0.203 e. The van der Waals surface area contributed by atoms with Crippen LogP contribution in [0, 0.1) is 5.82 Å². The lowest BCUT2D eigenvalue weighted by Gasteiger charge is -2.17. The van der Waals surface area contributed by atoms with E-state index in [2.05, 4.69) is 5.32 Å². The topological polar surface area (TPSA) is 56.8 Å². The summed E-state index contributed by atoms with van der Waals surface area (Å²) in [6.07, 6.45) is 0. The summed E-state index contributed by atoms with van der Waals surface area (Å²) in [6, 6.07) is 8.05. The van der Waals surface area contributed by atoms with E-state index >= 15 is 0 Å². The van der Waals surface area contributed by atoms with E-state index < -0.39 is 5.82 Å². The van der Waals surface area contributed by atoms with Crippen molar-refractivity contribution >= 4 is 11.5 Å². The molecule has 0 unspecified atom stereocenters. The standard InChI is InChI=1S/C18H20FNO4/c1-11(21)16-13(19)6-5-7-14(16)20-10-12-8-9-15(22-2)18(24-4)17(12)23-3/h5-9,20H,10H2,1-4H3. The maximum absolute atomic E-state index is 13.9. The number of Topliss-reactive ketones (excluding diaryl/α,β-unsaturated/α-hetero) is 1. The number of benzene rings is 2. The summed E-state index contributed by atoms with van der Waals surface area (Å²) in [7, 11) is 4.60. The van der Waals surface area contributed by atoms with E-state index in [4.69, 9.17) is 14.2 Å². The Morgan fingerprint density at radius 2 is 1.75 bits per heavy atom. The second-order valence-electron chi connectivity index (χ2n) is 5.07. The Bertz CT molecular complexity index is 746. The first-order valence-electron chi connectivity index (χ1n) is 7.34. The summed E-state index contributed by atoms with van der Waals surface area (Å²) in [4.78, 5) is 11.7. The number of anilines is 1. The van der Waals surface area contributed by atoms with Crippen LogP contribution >= 0.6 is 0 Å². The van der Waals surface area contributed by atoms with Gasteiger partial charge in [0.25, 0.3) is 0 Å². The zero-order valence-corrected chi connectivity index (χ0v) is 14.1. The first-order chi connectivity index (χ1) is 11.5. The monoisotopic (exact) mass is 333 g/mol. The number of nitrogens with one attached hydrogen (secondary N) is 1. The molecule has 0 bridgehead atoms. The largest absolute Gasteiger partial charge is 0.493 e. The Labute approximate surface area is 140 Å². The van der Waals surface area contributed by atoms with E-state index in [1.807, 2.05) is 6.07 Å². The molecule has 0 saturated carbocycles. The van der Waals surface area contributed by atoms with Crippen molar-refractivity contribution in [2.24, 2.45) is 0 Å². The van der Waals surface area contributed by atoms with Gasteiger partial charge in [0.05, 0.1) is 26.9 Å². The van der Waals surface area contributed by atoms with Crippen LogP contribution in [0.1, 0.15) is 22.8 Å². The summed E-state index contributed by atoms with van der Waals surface area (Å²) in [5, 5.41) is 3.08. The highest BCUT2D eigenvalue weighted by atomic mass is 19.1. The lowest BCUT2D eigenvalue weighted by atomic mass is 10.1. The van der Waals surface area contributed by atoms with E-state index in [1.165, 1.54) is 27.2 Å². The second-order valence-corrected chi connectivity index (χ2v) is 5.07. The maximum atomic E-state index is 13.9. The third-order valence-electron chi connectivity index (χ3n) is 3.62. The molecule has 0 atom stereocenters. The molecule has 0 aromatic heterocycles. The van der Waals surface area contributed by atoms with Gasteiger partial charge in [-0.05, 0) is 31.2 Å². The summed E-state index contributed by atoms with van der Waals surface area (Å²) in [5.41, 5.74) is 1.25. The number of methoxy groups -OCH3 is 3. The SMILES string of the molecule is COc1ccc(CNc2cccc(F)c2C(C)=O)c(OC)c1OC. The van der Waals surface area contributed by atoms with Gasteiger partial charge in [-0.1, -0.05) is 6.07 Å². The number of hydrogen-bond acceptors (Lipinski definition) is 5. The van der Waals surface area contributed by atoms with Crippen molar-refractivity contribution in [3.05, 3.63) is 47.3 Å². The normalized spacial score (nSPS) is 10.2. The van der Waals surface area contributed by atoms with E-state index in [0.29, 0.717) is 29.5 Å². The quantitative estimate of drug-likeness (QED) is 0.784. The number of ketones is 1. The molecule has 0 heterocycles. The minimum atomic E-state index is -0.549. The van der Waals surface area contributed by atoms with Gasteiger partial charge in [0.1, 0.15) is 5.82 Å². The molecule has 1 N–H and O–H groups in total. The van der Waals surface area contributed by atoms with Gasteiger partial charge < -0.3 is 19.5 Å². The Morgan fingerprint density at radius 1 is 1.04 bits per heavy atom. The van der Waals surface area contributed by atoms with Crippen LogP contribution in [0.5, 0.6) is 17.2 Å². The lowest BCUT2D eigenvalue weighted by Crippen LogP contribution is -2.08. The van der Waals surface area contributed by atoms with Crippen molar-refractivity contribution < 1.29 is 23.4 Å². The molecule has 0 fully saturated rings. The van der Waals surface area contributed by atoms with Crippen LogP contribution in [0.3, 0.4) is 0 Å². The molecule has 0 amide bonds. The molecule has 2 aromatic carbocycles. The molecule has 0 radical (unpaired) electrons. The van der Waals surface area contributed by atoms with Gasteiger partial charge >= 0.3 is 0 Å². The summed E-state index contributed by atoms with van der Waals surface area (Å²) in [6.45, 7) is 1.66. The Hall–Kier alpha value is -2.76. The molecule has 0 aliphatic rings. The van der Waals surface area contributed by atoms with Gasteiger partial charge in [-0.25, -0.2) is 4.39 Å². The fraction of sp³-hybridized carbons (Fsp3) is 0.278. The highest BCUT2D eigenvalue weighted by molar-refractivity contribution is 5.99. The van der Waals surface area contributed by atoms with Gasteiger partial charge in [-0.3, -0.25) is 4.79 Å². The smallest absolute Gasteiger partial charge is 0.203 e. The van der Waals surface area contributed by atoms with Gasteiger partial charge in [0, 0.05) is 17.8 Å². The number of halogens is 1. The summed E-state index contributed by atoms with van der Waals surface area (Å²) in [5.74, 6) is 0.658. The highest BCUT2D eigenvalue weighted by Gasteiger charge is 2.17. The Kier molecular flexibility index (Phi) is 5.63. The van der Waals surface area contributed by atoms with Crippen LogP contribution in [-0.2, 0) is 6.54 Å².